The number of aromatic nitrogens is 2. The van der Waals surface area contributed by atoms with E-state index in [1.165, 1.54) is 12.1 Å². The van der Waals surface area contributed by atoms with Crippen molar-refractivity contribution in [3.63, 3.8) is 0 Å². The molecule has 106 valence electrons. The molecule has 0 unspecified atom stereocenters. The van der Waals surface area contributed by atoms with Crippen LogP contribution in [0.5, 0.6) is 0 Å². The maximum Gasteiger partial charge on any atom is 0.416 e. The summed E-state index contributed by atoms with van der Waals surface area (Å²) in [5, 5.41) is 13.8. The molecule has 1 heterocycles. The normalized spacial score (nSPS) is 11.6. The molecule has 0 aliphatic carbocycles. The average molecular weight is 285 g/mol. The summed E-state index contributed by atoms with van der Waals surface area (Å²) in [6.07, 6.45) is -4.80. The van der Waals surface area contributed by atoms with Crippen LogP contribution < -0.4 is 5.11 Å². The molecular formula is C12H8F3N2O3-. The number of benzene rings is 1. The lowest BCUT2D eigenvalue weighted by atomic mass is 10.1. The fourth-order valence-corrected chi connectivity index (χ4v) is 1.52. The first-order valence-corrected chi connectivity index (χ1v) is 5.56. The van der Waals surface area contributed by atoms with Gasteiger partial charge in [-0.2, -0.15) is 18.2 Å². The molecule has 2 rings (SSSR count). The highest BCUT2D eigenvalue weighted by atomic mass is 19.4. The number of rotatable bonds is 4. The second-order valence-electron chi connectivity index (χ2n) is 3.96. The van der Waals surface area contributed by atoms with Gasteiger partial charge in [0.2, 0.25) is 11.7 Å². The van der Waals surface area contributed by atoms with E-state index >= 15 is 0 Å². The van der Waals surface area contributed by atoms with Crippen molar-refractivity contribution >= 4 is 5.97 Å². The van der Waals surface area contributed by atoms with E-state index in [2.05, 4.69) is 10.1 Å². The van der Waals surface area contributed by atoms with Gasteiger partial charge in [-0.05, 0) is 18.6 Å². The van der Waals surface area contributed by atoms with Gasteiger partial charge in [0, 0.05) is 18.0 Å². The smallest absolute Gasteiger partial charge is 0.416 e. The standard InChI is InChI=1S/C12H9F3N2O3/c13-12(14,15)8-3-1-2-7(6-8)11-16-9(20-17-11)4-5-10(18)19/h1-3,6H,4-5H2,(H,18,19)/p-1. The molecule has 0 aliphatic rings. The third-order valence-electron chi connectivity index (χ3n) is 2.46. The van der Waals surface area contributed by atoms with Crippen LogP contribution in [0.2, 0.25) is 0 Å². The van der Waals surface area contributed by atoms with Crippen LogP contribution in [0, 0.1) is 0 Å². The SMILES string of the molecule is O=C([O-])CCc1nc(-c2cccc(C(F)(F)F)c2)no1. The summed E-state index contributed by atoms with van der Waals surface area (Å²) in [4.78, 5) is 14.1. The highest BCUT2D eigenvalue weighted by Crippen LogP contribution is 2.31. The monoisotopic (exact) mass is 285 g/mol. The highest BCUT2D eigenvalue weighted by Gasteiger charge is 2.30. The van der Waals surface area contributed by atoms with Crippen LogP contribution in [0.1, 0.15) is 17.9 Å². The van der Waals surface area contributed by atoms with Crippen LogP contribution in [0.25, 0.3) is 11.4 Å². The first kappa shape index (κ1) is 14.0. The zero-order valence-electron chi connectivity index (χ0n) is 9.98. The number of carbonyl (C=O) groups excluding carboxylic acids is 1. The van der Waals surface area contributed by atoms with Crippen molar-refractivity contribution in [2.24, 2.45) is 0 Å². The third-order valence-corrected chi connectivity index (χ3v) is 2.46. The number of carboxylic acid groups (broad SMARTS) is 1. The lowest BCUT2D eigenvalue weighted by Crippen LogP contribution is -2.22. The Morgan fingerprint density at radius 2 is 2.10 bits per heavy atom. The van der Waals surface area contributed by atoms with Crippen molar-refractivity contribution in [2.45, 2.75) is 19.0 Å². The second kappa shape index (κ2) is 5.32. The summed E-state index contributed by atoms with van der Waals surface area (Å²) < 4.78 is 42.4. The number of hydrogen-bond donors (Lipinski definition) is 0. The molecule has 20 heavy (non-hydrogen) atoms. The van der Waals surface area contributed by atoms with Crippen LogP contribution in [0.15, 0.2) is 28.8 Å². The number of alkyl halides is 3. The van der Waals surface area contributed by atoms with Crippen molar-refractivity contribution in [1.82, 2.24) is 10.1 Å². The fraction of sp³-hybridized carbons (Fsp3) is 0.250. The van der Waals surface area contributed by atoms with Crippen LogP contribution >= 0.6 is 0 Å². The molecule has 1 aromatic carbocycles. The number of carbonyl (C=O) groups is 1. The van der Waals surface area contributed by atoms with Gasteiger partial charge in [-0.1, -0.05) is 17.3 Å². The van der Waals surface area contributed by atoms with E-state index in [0.717, 1.165) is 12.1 Å². The molecule has 0 atom stereocenters. The van der Waals surface area contributed by atoms with Crippen molar-refractivity contribution in [2.75, 3.05) is 0 Å². The number of carboxylic acids is 1. The molecule has 2 aromatic rings. The van der Waals surface area contributed by atoms with Crippen LogP contribution in [-0.4, -0.2) is 16.1 Å². The van der Waals surface area contributed by atoms with Crippen LogP contribution in [-0.2, 0) is 17.4 Å². The Bertz CT molecular complexity index is 622. The highest BCUT2D eigenvalue weighted by molar-refractivity contribution is 5.64. The summed E-state index contributed by atoms with van der Waals surface area (Å²) in [6.45, 7) is 0. The maximum absolute atomic E-state index is 12.6. The Morgan fingerprint density at radius 1 is 1.35 bits per heavy atom. The molecule has 0 aliphatic heterocycles. The minimum Gasteiger partial charge on any atom is -0.550 e. The number of nitrogens with zero attached hydrogens (tertiary/aromatic N) is 2. The molecule has 8 heteroatoms. The van der Waals surface area contributed by atoms with Gasteiger partial charge in [0.05, 0.1) is 5.56 Å². The van der Waals surface area contributed by atoms with E-state index in [1.807, 2.05) is 0 Å². The quantitative estimate of drug-likeness (QED) is 0.849. The molecule has 0 bridgehead atoms. The molecule has 0 spiro atoms. The van der Waals surface area contributed by atoms with Crippen molar-refractivity contribution in [3.8, 4) is 11.4 Å². The van der Waals surface area contributed by atoms with E-state index < -0.39 is 17.7 Å². The predicted molar refractivity (Wildman–Crippen MR) is 58.1 cm³/mol. The summed E-state index contributed by atoms with van der Waals surface area (Å²) in [6, 6.07) is 4.46. The molecule has 1 aromatic heterocycles. The van der Waals surface area contributed by atoms with E-state index in [0.29, 0.717) is 0 Å². The van der Waals surface area contributed by atoms with Crippen molar-refractivity contribution in [3.05, 3.63) is 35.7 Å². The predicted octanol–water partition coefficient (Wildman–Crippen LogP) is 1.44. The lowest BCUT2D eigenvalue weighted by Gasteiger charge is -2.06. The average Bonchev–Trinajstić information content (AvgIpc) is 2.84. The Labute approximate surface area is 111 Å². The Balaban J connectivity index is 2.22. The van der Waals surface area contributed by atoms with Crippen molar-refractivity contribution < 1.29 is 27.6 Å². The fourth-order valence-electron chi connectivity index (χ4n) is 1.52. The zero-order valence-corrected chi connectivity index (χ0v) is 9.98. The molecule has 0 saturated carbocycles. The largest absolute Gasteiger partial charge is 0.550 e. The topological polar surface area (TPSA) is 79.0 Å². The molecule has 0 radical (unpaired) electrons. The number of hydrogen-bond acceptors (Lipinski definition) is 5. The van der Waals surface area contributed by atoms with Gasteiger partial charge in [0.15, 0.2) is 0 Å². The Kier molecular flexibility index (Phi) is 3.73. The molecular weight excluding hydrogens is 277 g/mol. The summed E-state index contributed by atoms with van der Waals surface area (Å²) in [7, 11) is 0. The number of halogens is 3. The molecule has 5 nitrogen and oxygen atoms in total. The van der Waals surface area contributed by atoms with Gasteiger partial charge in [-0.25, -0.2) is 0 Å². The maximum atomic E-state index is 12.6. The van der Waals surface area contributed by atoms with Crippen LogP contribution in [0.4, 0.5) is 13.2 Å². The summed E-state index contributed by atoms with van der Waals surface area (Å²) in [5.41, 5.74) is -0.681. The first-order valence-electron chi connectivity index (χ1n) is 5.56. The van der Waals surface area contributed by atoms with E-state index in [-0.39, 0.29) is 30.1 Å². The number of aliphatic carboxylic acids is 1. The van der Waals surface area contributed by atoms with Crippen LogP contribution in [0.3, 0.4) is 0 Å². The van der Waals surface area contributed by atoms with Gasteiger partial charge in [0.25, 0.3) is 0 Å². The Morgan fingerprint density at radius 3 is 2.75 bits per heavy atom. The van der Waals surface area contributed by atoms with Crippen molar-refractivity contribution in [1.29, 1.82) is 0 Å². The first-order chi connectivity index (χ1) is 9.36. The minimum absolute atomic E-state index is 0.0237. The van der Waals surface area contributed by atoms with E-state index in [1.54, 1.807) is 0 Å². The molecule has 0 saturated heterocycles. The molecule has 0 fully saturated rings. The van der Waals surface area contributed by atoms with E-state index in [4.69, 9.17) is 4.52 Å². The third kappa shape index (κ3) is 3.34. The summed E-state index contributed by atoms with van der Waals surface area (Å²) >= 11 is 0. The van der Waals surface area contributed by atoms with Gasteiger partial charge < -0.3 is 14.4 Å². The second-order valence-corrected chi connectivity index (χ2v) is 3.96. The number of aryl methyl sites for hydroxylation is 1. The van der Waals surface area contributed by atoms with E-state index in [9.17, 15) is 23.1 Å². The Hall–Kier alpha value is -2.38. The minimum atomic E-state index is -4.46. The molecule has 0 N–H and O–H groups in total. The zero-order chi connectivity index (χ0) is 14.8. The van der Waals surface area contributed by atoms with Gasteiger partial charge in [0.1, 0.15) is 0 Å². The molecule has 0 amide bonds. The summed E-state index contributed by atoms with van der Waals surface area (Å²) in [5.74, 6) is -1.27. The lowest BCUT2D eigenvalue weighted by molar-refractivity contribution is -0.305. The van der Waals surface area contributed by atoms with Gasteiger partial charge >= 0.3 is 6.18 Å². The van der Waals surface area contributed by atoms with Gasteiger partial charge in [-0.15, -0.1) is 0 Å². The van der Waals surface area contributed by atoms with Gasteiger partial charge in [-0.3, -0.25) is 0 Å².